The SMILES string of the molecule is C=CC.OC1C[C@H]2CNC[C@H]2C1. The average Bonchev–Trinajstić information content (AvgIpc) is 2.47. The number of nitrogens with one attached hydrogen (secondary N) is 1. The molecule has 0 aromatic rings. The zero-order valence-corrected chi connectivity index (χ0v) is 7.79. The summed E-state index contributed by atoms with van der Waals surface area (Å²) in [4.78, 5) is 0. The summed E-state index contributed by atoms with van der Waals surface area (Å²) in [6.45, 7) is 7.53. The Labute approximate surface area is 74.7 Å². The van der Waals surface area contributed by atoms with Crippen molar-refractivity contribution in [1.29, 1.82) is 0 Å². The molecule has 0 aromatic heterocycles. The van der Waals surface area contributed by atoms with E-state index in [1.54, 1.807) is 6.08 Å². The van der Waals surface area contributed by atoms with Crippen molar-refractivity contribution in [2.45, 2.75) is 25.9 Å². The molecule has 1 aliphatic carbocycles. The fourth-order valence-corrected chi connectivity index (χ4v) is 2.13. The van der Waals surface area contributed by atoms with Crippen molar-refractivity contribution in [3.8, 4) is 0 Å². The minimum Gasteiger partial charge on any atom is -0.393 e. The Morgan fingerprint density at radius 1 is 1.33 bits per heavy atom. The number of rotatable bonds is 0. The van der Waals surface area contributed by atoms with Crippen molar-refractivity contribution in [2.24, 2.45) is 11.8 Å². The molecule has 0 aromatic carbocycles. The van der Waals surface area contributed by atoms with E-state index in [0.29, 0.717) is 0 Å². The Morgan fingerprint density at radius 3 is 2.17 bits per heavy atom. The van der Waals surface area contributed by atoms with E-state index in [0.717, 1.165) is 37.8 Å². The normalized spacial score (nSPS) is 38.3. The Hall–Kier alpha value is -0.340. The monoisotopic (exact) mass is 169 g/mol. The van der Waals surface area contributed by atoms with Gasteiger partial charge >= 0.3 is 0 Å². The average molecular weight is 169 g/mol. The van der Waals surface area contributed by atoms with E-state index in [9.17, 15) is 5.11 Å². The molecule has 2 N–H and O–H groups in total. The van der Waals surface area contributed by atoms with Gasteiger partial charge in [-0.25, -0.2) is 0 Å². The van der Waals surface area contributed by atoms with Crippen LogP contribution in [0.15, 0.2) is 12.7 Å². The Balaban J connectivity index is 0.000000213. The van der Waals surface area contributed by atoms with Crippen LogP contribution in [0.3, 0.4) is 0 Å². The van der Waals surface area contributed by atoms with E-state index in [4.69, 9.17) is 0 Å². The molecular weight excluding hydrogens is 150 g/mol. The van der Waals surface area contributed by atoms with Crippen molar-refractivity contribution in [3.05, 3.63) is 12.7 Å². The van der Waals surface area contributed by atoms with Crippen LogP contribution in [0.5, 0.6) is 0 Å². The maximum Gasteiger partial charge on any atom is 0.0546 e. The van der Waals surface area contributed by atoms with Crippen LogP contribution in [0, 0.1) is 11.8 Å². The fourth-order valence-electron chi connectivity index (χ4n) is 2.13. The van der Waals surface area contributed by atoms with Gasteiger partial charge in [-0.3, -0.25) is 0 Å². The van der Waals surface area contributed by atoms with Crippen LogP contribution in [-0.2, 0) is 0 Å². The van der Waals surface area contributed by atoms with Crippen molar-refractivity contribution >= 4 is 0 Å². The molecular formula is C10H19NO. The van der Waals surface area contributed by atoms with E-state index in [-0.39, 0.29) is 6.10 Å². The van der Waals surface area contributed by atoms with Crippen LogP contribution in [0.25, 0.3) is 0 Å². The van der Waals surface area contributed by atoms with Gasteiger partial charge in [0.2, 0.25) is 0 Å². The summed E-state index contributed by atoms with van der Waals surface area (Å²) in [5, 5.41) is 12.5. The first-order chi connectivity index (χ1) is 5.77. The van der Waals surface area contributed by atoms with E-state index < -0.39 is 0 Å². The molecule has 0 amide bonds. The summed E-state index contributed by atoms with van der Waals surface area (Å²) in [5.41, 5.74) is 0. The Morgan fingerprint density at radius 2 is 1.75 bits per heavy atom. The molecule has 2 fully saturated rings. The number of fused-ring (bicyclic) bond motifs is 1. The van der Waals surface area contributed by atoms with Gasteiger partial charge in [0.15, 0.2) is 0 Å². The summed E-state index contributed by atoms with van der Waals surface area (Å²) in [5.74, 6) is 1.58. The molecule has 2 heteroatoms. The van der Waals surface area contributed by atoms with Crippen molar-refractivity contribution < 1.29 is 5.11 Å². The van der Waals surface area contributed by atoms with Crippen molar-refractivity contribution in [1.82, 2.24) is 5.32 Å². The summed E-state index contributed by atoms with van der Waals surface area (Å²) in [6, 6.07) is 0. The van der Waals surface area contributed by atoms with Gasteiger partial charge in [0.05, 0.1) is 6.10 Å². The quantitative estimate of drug-likeness (QED) is 0.533. The standard InChI is InChI=1S/C7H13NO.C3H6/c9-7-1-5-3-8-4-6(5)2-7;1-3-2/h5-9H,1-4H2;3H,1H2,2H3/t5-,6+,7?;. The van der Waals surface area contributed by atoms with Gasteiger partial charge in [-0.05, 0) is 44.7 Å². The largest absolute Gasteiger partial charge is 0.393 e. The predicted molar refractivity (Wildman–Crippen MR) is 51.0 cm³/mol. The highest BCUT2D eigenvalue weighted by Gasteiger charge is 2.35. The third-order valence-corrected chi connectivity index (χ3v) is 2.63. The smallest absolute Gasteiger partial charge is 0.0546 e. The summed E-state index contributed by atoms with van der Waals surface area (Å²) in [7, 11) is 0. The highest BCUT2D eigenvalue weighted by molar-refractivity contribution is 4.90. The molecule has 2 nitrogen and oxygen atoms in total. The van der Waals surface area contributed by atoms with Crippen LogP contribution in [0.2, 0.25) is 0 Å². The lowest BCUT2D eigenvalue weighted by atomic mass is 10.0. The summed E-state index contributed by atoms with van der Waals surface area (Å²) < 4.78 is 0. The molecule has 1 aliphatic heterocycles. The van der Waals surface area contributed by atoms with Gasteiger partial charge in [-0.1, -0.05) is 6.08 Å². The molecule has 0 bridgehead atoms. The molecule has 0 spiro atoms. The molecule has 70 valence electrons. The maximum absolute atomic E-state index is 9.21. The highest BCUT2D eigenvalue weighted by Crippen LogP contribution is 2.33. The number of aliphatic hydroxyl groups is 1. The van der Waals surface area contributed by atoms with Crippen molar-refractivity contribution in [2.75, 3.05) is 13.1 Å². The Kier molecular flexibility index (Phi) is 3.76. The van der Waals surface area contributed by atoms with Crippen LogP contribution in [-0.4, -0.2) is 24.3 Å². The van der Waals surface area contributed by atoms with Gasteiger partial charge in [-0.15, -0.1) is 6.58 Å². The number of aliphatic hydroxyl groups excluding tert-OH is 1. The molecule has 1 saturated heterocycles. The second-order valence-electron chi connectivity index (χ2n) is 3.71. The van der Waals surface area contributed by atoms with Gasteiger partial charge in [0.25, 0.3) is 0 Å². The van der Waals surface area contributed by atoms with Crippen LogP contribution >= 0.6 is 0 Å². The van der Waals surface area contributed by atoms with E-state index in [2.05, 4.69) is 11.9 Å². The number of hydrogen-bond acceptors (Lipinski definition) is 2. The molecule has 1 saturated carbocycles. The third kappa shape index (κ3) is 2.32. The van der Waals surface area contributed by atoms with Crippen LogP contribution in [0.4, 0.5) is 0 Å². The zero-order valence-electron chi connectivity index (χ0n) is 7.79. The van der Waals surface area contributed by atoms with Crippen molar-refractivity contribution in [3.63, 3.8) is 0 Å². The summed E-state index contributed by atoms with van der Waals surface area (Å²) in [6.07, 6.45) is 3.84. The lowest BCUT2D eigenvalue weighted by Crippen LogP contribution is -2.13. The molecule has 0 radical (unpaired) electrons. The first-order valence-corrected chi connectivity index (χ1v) is 4.73. The van der Waals surface area contributed by atoms with Gasteiger partial charge < -0.3 is 10.4 Å². The van der Waals surface area contributed by atoms with Gasteiger partial charge in [0, 0.05) is 0 Å². The van der Waals surface area contributed by atoms with Gasteiger partial charge in [-0.2, -0.15) is 0 Å². The second kappa shape index (κ2) is 4.63. The van der Waals surface area contributed by atoms with E-state index in [1.165, 1.54) is 0 Å². The van der Waals surface area contributed by atoms with Gasteiger partial charge in [0.1, 0.15) is 0 Å². The minimum absolute atomic E-state index is 0.0158. The molecule has 1 unspecified atom stereocenters. The van der Waals surface area contributed by atoms with Crippen LogP contribution in [0.1, 0.15) is 19.8 Å². The fraction of sp³-hybridized carbons (Fsp3) is 0.800. The lowest BCUT2D eigenvalue weighted by Gasteiger charge is -2.02. The van der Waals surface area contributed by atoms with E-state index >= 15 is 0 Å². The number of hydrogen-bond donors (Lipinski definition) is 2. The first kappa shape index (κ1) is 9.75. The van der Waals surface area contributed by atoms with E-state index in [1.807, 2.05) is 6.92 Å². The minimum atomic E-state index is 0.0158. The molecule has 12 heavy (non-hydrogen) atoms. The highest BCUT2D eigenvalue weighted by atomic mass is 16.3. The maximum atomic E-state index is 9.21. The molecule has 2 aliphatic rings. The third-order valence-electron chi connectivity index (χ3n) is 2.63. The Bertz CT molecular complexity index is 135. The molecule has 1 heterocycles. The van der Waals surface area contributed by atoms with Crippen LogP contribution < -0.4 is 5.32 Å². The zero-order chi connectivity index (χ0) is 8.97. The molecule has 3 atom stereocenters. The number of allylic oxidation sites excluding steroid dienone is 1. The summed E-state index contributed by atoms with van der Waals surface area (Å²) >= 11 is 0. The second-order valence-corrected chi connectivity index (χ2v) is 3.71. The predicted octanol–water partition coefficient (Wildman–Crippen LogP) is 1.17. The lowest BCUT2D eigenvalue weighted by molar-refractivity contribution is 0.173. The first-order valence-electron chi connectivity index (χ1n) is 4.73. The topological polar surface area (TPSA) is 32.3 Å². The molecule has 2 rings (SSSR count).